The highest BCUT2D eigenvalue weighted by atomic mass is 32.2. The van der Waals surface area contributed by atoms with Crippen LogP contribution in [0.4, 0.5) is 17.2 Å². The molecule has 0 radical (unpaired) electrons. The van der Waals surface area contributed by atoms with Gasteiger partial charge in [0, 0.05) is 29.4 Å². The molecule has 5 rings (SSSR count). The maximum Gasteiger partial charge on any atom is 0.336 e. The highest BCUT2D eigenvalue weighted by Crippen LogP contribution is 2.29. The molecule has 9 heteroatoms. The third-order valence-corrected chi connectivity index (χ3v) is 6.26. The van der Waals surface area contributed by atoms with Crippen LogP contribution in [0.3, 0.4) is 0 Å². The number of hydrogen-bond acceptors (Lipinski definition) is 6. The Kier molecular flexibility index (Phi) is 6.29. The van der Waals surface area contributed by atoms with Crippen LogP contribution in [0.15, 0.2) is 112 Å². The summed E-state index contributed by atoms with van der Waals surface area (Å²) < 4.78 is 30.7. The number of thiol groups is 1. The van der Waals surface area contributed by atoms with Crippen molar-refractivity contribution in [3.8, 4) is 11.1 Å². The van der Waals surface area contributed by atoms with Gasteiger partial charge in [-0.1, -0.05) is 54.6 Å². The van der Waals surface area contributed by atoms with Crippen molar-refractivity contribution in [1.82, 2.24) is 4.98 Å². The monoisotopic (exact) mass is 497 g/mol. The van der Waals surface area contributed by atoms with Crippen molar-refractivity contribution < 1.29 is 17.6 Å². The summed E-state index contributed by atoms with van der Waals surface area (Å²) in [5.74, 6) is -0.404. The zero-order chi connectivity index (χ0) is 25.1. The number of carbonyl (C=O) groups is 1. The molecule has 0 bridgehead atoms. The van der Waals surface area contributed by atoms with E-state index in [4.69, 9.17) is 4.42 Å². The minimum Gasteiger partial charge on any atom is -0.422 e. The van der Waals surface area contributed by atoms with Crippen LogP contribution in [0, 0.1) is 0 Å². The van der Waals surface area contributed by atoms with Crippen molar-refractivity contribution in [2.24, 2.45) is 0 Å². The van der Waals surface area contributed by atoms with E-state index in [1.807, 2.05) is 42.5 Å². The Hall–Kier alpha value is -4.76. The lowest BCUT2D eigenvalue weighted by molar-refractivity contribution is 0.102. The molecule has 1 N–H and O–H groups in total. The molecule has 0 fully saturated rings. The van der Waals surface area contributed by atoms with Crippen LogP contribution >= 0.6 is 0 Å². The van der Waals surface area contributed by atoms with Gasteiger partial charge in [-0.3, -0.25) is 4.79 Å². The van der Waals surface area contributed by atoms with Crippen molar-refractivity contribution in [2.75, 3.05) is 9.62 Å². The van der Waals surface area contributed by atoms with E-state index < -0.39 is 22.4 Å². The summed E-state index contributed by atoms with van der Waals surface area (Å²) in [7, 11) is -3.08. The number of carbonyl (C=O) groups excluding carboxylic acids is 1. The molecule has 0 aliphatic rings. The van der Waals surface area contributed by atoms with E-state index in [0.29, 0.717) is 16.8 Å². The fraction of sp³-hybridized carbons (Fsp3) is 0. The molecule has 36 heavy (non-hydrogen) atoms. The van der Waals surface area contributed by atoms with Gasteiger partial charge in [0.25, 0.3) is 5.91 Å². The highest BCUT2D eigenvalue weighted by Gasteiger charge is 2.17. The molecule has 0 saturated carbocycles. The third kappa shape index (κ3) is 4.73. The fourth-order valence-corrected chi connectivity index (χ4v) is 4.42. The summed E-state index contributed by atoms with van der Waals surface area (Å²) >= 11 is 0. The lowest BCUT2D eigenvalue weighted by atomic mass is 10.1. The Labute approximate surface area is 207 Å². The van der Waals surface area contributed by atoms with Crippen molar-refractivity contribution in [3.05, 3.63) is 119 Å². The molecule has 8 nitrogen and oxygen atoms in total. The van der Waals surface area contributed by atoms with E-state index in [-0.39, 0.29) is 17.0 Å². The maximum absolute atomic E-state index is 13.0. The van der Waals surface area contributed by atoms with Crippen molar-refractivity contribution in [3.63, 3.8) is 0 Å². The van der Waals surface area contributed by atoms with Gasteiger partial charge in [-0.2, -0.15) is 0 Å². The lowest BCUT2D eigenvalue weighted by Crippen LogP contribution is -2.17. The van der Waals surface area contributed by atoms with E-state index in [9.17, 15) is 18.0 Å². The van der Waals surface area contributed by atoms with Crippen LogP contribution in [0.1, 0.15) is 10.4 Å². The first kappa shape index (κ1) is 23.0. The second kappa shape index (κ2) is 9.85. The number of nitrogens with one attached hydrogen (secondary N) is 1. The quantitative estimate of drug-likeness (QED) is 0.258. The van der Waals surface area contributed by atoms with Crippen LogP contribution < -0.4 is 15.2 Å². The normalized spacial score (nSPS) is 10.9. The molecule has 1 amide bonds. The zero-order valence-electron chi connectivity index (χ0n) is 18.7. The number of fused-ring (bicyclic) bond motifs is 1. The second-order valence-electron chi connectivity index (χ2n) is 7.80. The molecule has 5 aromatic rings. The zero-order valence-corrected chi connectivity index (χ0v) is 19.6. The smallest absolute Gasteiger partial charge is 0.336 e. The molecule has 2 heterocycles. The Morgan fingerprint density at radius 3 is 2.33 bits per heavy atom. The van der Waals surface area contributed by atoms with Crippen molar-refractivity contribution >= 4 is 45.0 Å². The average molecular weight is 498 g/mol. The Bertz CT molecular complexity index is 1690. The van der Waals surface area contributed by atoms with Crippen molar-refractivity contribution in [1.29, 1.82) is 0 Å². The summed E-state index contributed by atoms with van der Waals surface area (Å²) in [6.45, 7) is 0. The van der Waals surface area contributed by atoms with Gasteiger partial charge < -0.3 is 9.73 Å². The molecule has 178 valence electrons. The van der Waals surface area contributed by atoms with Crippen LogP contribution in [0.5, 0.6) is 0 Å². The number of hydrogen-bond donors (Lipinski definition) is 2. The number of nitrogens with zero attached hydrogens (tertiary/aromatic N) is 2. The number of anilines is 3. The number of para-hydroxylation sites is 1. The predicted octanol–water partition coefficient (Wildman–Crippen LogP) is 4.77. The largest absolute Gasteiger partial charge is 0.422 e. The van der Waals surface area contributed by atoms with E-state index in [1.165, 1.54) is 30.5 Å². The van der Waals surface area contributed by atoms with Gasteiger partial charge in [0.1, 0.15) is 5.82 Å². The Morgan fingerprint density at radius 1 is 0.833 bits per heavy atom. The van der Waals surface area contributed by atoms with Gasteiger partial charge in [0.15, 0.2) is 5.58 Å². The molecule has 0 atom stereocenters. The maximum atomic E-state index is 13.0. The molecule has 2 aromatic heterocycles. The third-order valence-electron chi connectivity index (χ3n) is 5.49. The first-order valence-corrected chi connectivity index (χ1v) is 12.0. The molecule has 0 aliphatic heterocycles. The molecule has 0 aliphatic carbocycles. The standard InChI is InChI=1S/C27H19N3O5S/c31-25-14-11-20-7-4-8-23(26(20)35-25)27(32)29-21-15-16-28-24(17-21)30(36(33)34)22-12-9-19(10-13-22)18-5-2-1-3-6-18/h1-17,36H,(H,28,29,32). The first-order valence-electron chi connectivity index (χ1n) is 10.9. The van der Waals surface area contributed by atoms with Crippen LogP contribution in [-0.2, 0) is 10.9 Å². The number of benzene rings is 3. The predicted molar refractivity (Wildman–Crippen MR) is 139 cm³/mol. The minimum absolute atomic E-state index is 0.112. The Morgan fingerprint density at radius 2 is 1.58 bits per heavy atom. The molecule has 3 aromatic carbocycles. The average Bonchev–Trinajstić information content (AvgIpc) is 2.89. The van der Waals surface area contributed by atoms with Crippen LogP contribution in [-0.4, -0.2) is 19.3 Å². The topological polar surface area (TPSA) is 110 Å². The fourth-order valence-electron chi connectivity index (χ4n) is 3.82. The second-order valence-corrected chi connectivity index (χ2v) is 8.67. The summed E-state index contributed by atoms with van der Waals surface area (Å²) in [6.07, 6.45) is 1.40. The molecule has 0 saturated heterocycles. The van der Waals surface area contributed by atoms with E-state index >= 15 is 0 Å². The number of amides is 1. The summed E-state index contributed by atoms with van der Waals surface area (Å²) in [5, 5.41) is 3.32. The molecular formula is C27H19N3O5S. The number of aromatic nitrogens is 1. The van der Waals surface area contributed by atoms with Gasteiger partial charge >= 0.3 is 5.63 Å². The highest BCUT2D eigenvalue weighted by molar-refractivity contribution is 7.74. The number of rotatable bonds is 6. The van der Waals surface area contributed by atoms with Gasteiger partial charge in [-0.05, 0) is 41.5 Å². The Balaban J connectivity index is 1.44. The van der Waals surface area contributed by atoms with Gasteiger partial charge in [0.05, 0.1) is 11.3 Å². The van der Waals surface area contributed by atoms with E-state index in [1.54, 1.807) is 30.3 Å². The van der Waals surface area contributed by atoms with Crippen LogP contribution in [0.25, 0.3) is 22.1 Å². The molecule has 0 spiro atoms. The molecular weight excluding hydrogens is 478 g/mol. The van der Waals surface area contributed by atoms with Crippen molar-refractivity contribution in [2.45, 2.75) is 0 Å². The van der Waals surface area contributed by atoms with Gasteiger partial charge in [-0.25, -0.2) is 22.5 Å². The number of pyridine rings is 1. The van der Waals surface area contributed by atoms with E-state index in [0.717, 1.165) is 15.4 Å². The SMILES string of the molecule is O=C(Nc1ccnc(N(c2ccc(-c3ccccc3)cc2)[SH](=O)=O)c1)c1cccc2ccc(=O)oc12. The molecule has 0 unspecified atom stereocenters. The van der Waals surface area contributed by atoms with Gasteiger partial charge in [0.2, 0.25) is 10.9 Å². The summed E-state index contributed by atoms with van der Waals surface area (Å²) in [4.78, 5) is 28.8. The van der Waals surface area contributed by atoms with Gasteiger partial charge in [-0.15, -0.1) is 0 Å². The van der Waals surface area contributed by atoms with E-state index in [2.05, 4.69) is 10.3 Å². The lowest BCUT2D eigenvalue weighted by Gasteiger charge is -2.18. The minimum atomic E-state index is -3.08. The first-order chi connectivity index (χ1) is 17.5. The van der Waals surface area contributed by atoms with Crippen LogP contribution in [0.2, 0.25) is 0 Å². The summed E-state index contributed by atoms with van der Waals surface area (Å²) in [6, 6.07) is 27.6. The summed E-state index contributed by atoms with van der Waals surface area (Å²) in [5.41, 5.74) is 2.44.